The number of fused-ring (bicyclic) bond motifs is 5. The molecule has 244 valence electrons. The fourth-order valence-electron chi connectivity index (χ4n) is 8.86. The largest absolute Gasteiger partial charge is 0.485 e. The lowest BCUT2D eigenvalue weighted by atomic mass is 9.60. The van der Waals surface area contributed by atoms with Crippen molar-refractivity contribution in [1.82, 2.24) is 5.32 Å². The summed E-state index contributed by atoms with van der Waals surface area (Å²) in [4.78, 5) is 5.39. The van der Waals surface area contributed by atoms with Gasteiger partial charge in [-0.25, -0.2) is 0 Å². The molecule has 0 aromatic heterocycles. The molecule has 2 aliphatic heterocycles. The van der Waals surface area contributed by atoms with Gasteiger partial charge in [0, 0.05) is 17.2 Å². The molecule has 5 aromatic rings. The Morgan fingerprint density at radius 2 is 1.47 bits per heavy atom. The Bertz CT molecular complexity index is 2410. The van der Waals surface area contributed by atoms with E-state index < -0.39 is 5.41 Å². The van der Waals surface area contributed by atoms with Crippen molar-refractivity contribution >= 4 is 16.9 Å². The molecule has 2 heterocycles. The van der Waals surface area contributed by atoms with E-state index in [2.05, 4.69) is 187 Å². The van der Waals surface area contributed by atoms with Gasteiger partial charge in [-0.15, -0.1) is 0 Å². The van der Waals surface area contributed by atoms with Crippen molar-refractivity contribution < 1.29 is 4.74 Å². The molecular weight excluding hydrogens is 621 g/mol. The number of hydrogen-bond donors (Lipinski definition) is 1. The summed E-state index contributed by atoms with van der Waals surface area (Å²) in [6.07, 6.45) is 18.3. The van der Waals surface area contributed by atoms with Crippen LogP contribution in [0.15, 0.2) is 198 Å². The third kappa shape index (κ3) is 4.76. The molecule has 4 unspecified atom stereocenters. The number of allylic oxidation sites excluding steroid dienone is 9. The zero-order valence-electron chi connectivity index (χ0n) is 28.1. The highest BCUT2D eigenvalue weighted by Gasteiger charge is 2.58. The number of hydrogen-bond acceptors (Lipinski definition) is 3. The van der Waals surface area contributed by atoms with Gasteiger partial charge in [0.2, 0.25) is 0 Å². The van der Waals surface area contributed by atoms with Gasteiger partial charge in [0.05, 0.1) is 11.1 Å². The number of benzene rings is 5. The summed E-state index contributed by atoms with van der Waals surface area (Å²) in [6, 6.07) is 47.9. The average Bonchev–Trinajstić information content (AvgIpc) is 3.31. The zero-order chi connectivity index (χ0) is 33.8. The summed E-state index contributed by atoms with van der Waals surface area (Å²) in [5, 5.41) is 3.88. The molecule has 0 saturated carbocycles. The number of nitrogens with zero attached hydrogens (tertiary/aromatic N) is 1. The van der Waals surface area contributed by atoms with Crippen LogP contribution in [0.1, 0.15) is 51.5 Å². The average molecular weight is 657 g/mol. The predicted octanol–water partition coefficient (Wildman–Crippen LogP) is 10.3. The van der Waals surface area contributed by atoms with Crippen LogP contribution < -0.4 is 10.1 Å². The lowest BCUT2D eigenvalue weighted by Gasteiger charge is -2.46. The molecule has 3 heteroatoms. The molecule has 4 atom stereocenters. The second-order valence-corrected chi connectivity index (χ2v) is 13.8. The normalized spacial score (nSPS) is 23.8. The van der Waals surface area contributed by atoms with Gasteiger partial charge in [0.1, 0.15) is 18.0 Å². The molecule has 3 aliphatic carbocycles. The van der Waals surface area contributed by atoms with E-state index in [1.807, 2.05) is 0 Å². The quantitative estimate of drug-likeness (QED) is 0.204. The summed E-state index contributed by atoms with van der Waals surface area (Å²) in [5.74, 6) is 1.07. The Balaban J connectivity index is 1.09. The minimum Gasteiger partial charge on any atom is -0.485 e. The van der Waals surface area contributed by atoms with Crippen molar-refractivity contribution in [2.24, 2.45) is 10.9 Å². The predicted molar refractivity (Wildman–Crippen MR) is 207 cm³/mol. The van der Waals surface area contributed by atoms with E-state index in [0.29, 0.717) is 0 Å². The Morgan fingerprint density at radius 1 is 0.706 bits per heavy atom. The van der Waals surface area contributed by atoms with Crippen LogP contribution in [0.5, 0.6) is 5.75 Å². The molecular formula is C48H36N2O. The highest BCUT2D eigenvalue weighted by Crippen LogP contribution is 2.63. The van der Waals surface area contributed by atoms with Crippen molar-refractivity contribution in [3.63, 3.8) is 0 Å². The topological polar surface area (TPSA) is 33.6 Å². The molecule has 3 nitrogen and oxygen atoms in total. The van der Waals surface area contributed by atoms with Crippen LogP contribution in [0.2, 0.25) is 0 Å². The van der Waals surface area contributed by atoms with Gasteiger partial charge in [-0.1, -0.05) is 164 Å². The summed E-state index contributed by atoms with van der Waals surface area (Å²) in [7, 11) is 0. The summed E-state index contributed by atoms with van der Waals surface area (Å²) < 4.78 is 6.75. The van der Waals surface area contributed by atoms with E-state index in [0.717, 1.165) is 34.7 Å². The van der Waals surface area contributed by atoms with Gasteiger partial charge >= 0.3 is 0 Å². The number of para-hydroxylation sites is 1. The minimum atomic E-state index is -0.407. The Hall–Kier alpha value is -6.19. The maximum absolute atomic E-state index is 6.75. The van der Waals surface area contributed by atoms with Crippen molar-refractivity contribution in [1.29, 1.82) is 0 Å². The zero-order valence-corrected chi connectivity index (χ0v) is 28.1. The Labute approximate surface area is 299 Å². The second kappa shape index (κ2) is 12.0. The molecule has 1 N–H and O–H groups in total. The van der Waals surface area contributed by atoms with E-state index in [4.69, 9.17) is 9.73 Å². The maximum Gasteiger partial charge on any atom is 0.145 e. The molecule has 0 amide bonds. The van der Waals surface area contributed by atoms with Crippen LogP contribution in [0.25, 0.3) is 11.1 Å². The molecule has 0 radical (unpaired) electrons. The van der Waals surface area contributed by atoms with Crippen LogP contribution in [-0.4, -0.2) is 11.8 Å². The van der Waals surface area contributed by atoms with Crippen LogP contribution in [0.4, 0.5) is 0 Å². The summed E-state index contributed by atoms with van der Waals surface area (Å²) in [6.45, 7) is 0. The Morgan fingerprint density at radius 3 is 2.33 bits per heavy atom. The van der Waals surface area contributed by atoms with Crippen molar-refractivity contribution in [3.05, 3.63) is 232 Å². The monoisotopic (exact) mass is 656 g/mol. The number of ether oxygens (including phenoxy) is 1. The van der Waals surface area contributed by atoms with Crippen LogP contribution in [-0.2, 0) is 5.41 Å². The number of nitrogens with one attached hydrogen (secondary N) is 1. The SMILES string of the molecule is C1=CC(c2ccccc2)=CCC(C2=CC(c3ccccc3)=NC(c3cccc(C45c6ccccc6OC6C=CC=C(c7ccccc74)C65)c3)N2)=C1. The molecule has 5 aromatic carbocycles. The van der Waals surface area contributed by atoms with E-state index in [1.165, 1.54) is 44.5 Å². The second-order valence-electron chi connectivity index (χ2n) is 13.8. The fraction of sp³-hybridized carbons (Fsp3) is 0.104. The van der Waals surface area contributed by atoms with E-state index in [1.54, 1.807) is 0 Å². The van der Waals surface area contributed by atoms with E-state index >= 15 is 0 Å². The number of rotatable bonds is 5. The first-order valence-corrected chi connectivity index (χ1v) is 17.9. The third-order valence-electron chi connectivity index (χ3n) is 11.1. The molecule has 0 bridgehead atoms. The van der Waals surface area contributed by atoms with Gasteiger partial charge in [-0.3, -0.25) is 4.99 Å². The lowest BCUT2D eigenvalue weighted by molar-refractivity contribution is 0.151. The lowest BCUT2D eigenvalue weighted by Crippen LogP contribution is -2.47. The molecule has 10 rings (SSSR count). The number of aliphatic imine (C=N–C) groups is 1. The first kappa shape index (κ1) is 29.7. The molecule has 5 aliphatic rings. The van der Waals surface area contributed by atoms with Gasteiger partial charge in [0.15, 0.2) is 0 Å². The molecule has 0 saturated heterocycles. The van der Waals surface area contributed by atoms with Crippen LogP contribution in [0, 0.1) is 5.92 Å². The summed E-state index contributed by atoms with van der Waals surface area (Å²) in [5.41, 5.74) is 14.1. The standard InChI is InChI=1S/C48H36N2O/c1-3-14-32(15-4-1)33-18-11-19-35(29-28-33)43-31-42(34-16-5-2-6-17-34)49-47(50-43)36-20-12-21-37(30-36)48-40-24-8-7-22-38(40)39-23-13-27-45(46(39)48)51-44-26-10-9-25-41(44)48/h1-28,30-31,45-47,50H,29H2. The van der Waals surface area contributed by atoms with Crippen LogP contribution in [0.3, 0.4) is 0 Å². The van der Waals surface area contributed by atoms with Crippen molar-refractivity contribution in [3.8, 4) is 5.75 Å². The van der Waals surface area contributed by atoms with Crippen LogP contribution >= 0.6 is 0 Å². The van der Waals surface area contributed by atoms with Gasteiger partial charge in [-0.05, 0) is 74.7 Å². The highest BCUT2D eigenvalue weighted by molar-refractivity contribution is 6.10. The van der Waals surface area contributed by atoms with Gasteiger partial charge < -0.3 is 10.1 Å². The van der Waals surface area contributed by atoms with Gasteiger partial charge in [-0.2, -0.15) is 0 Å². The molecule has 0 spiro atoms. The highest BCUT2D eigenvalue weighted by atomic mass is 16.5. The summed E-state index contributed by atoms with van der Waals surface area (Å²) >= 11 is 0. The van der Waals surface area contributed by atoms with E-state index in [9.17, 15) is 0 Å². The minimum absolute atomic E-state index is 0.0648. The molecule has 0 fully saturated rings. The fourth-order valence-corrected chi connectivity index (χ4v) is 8.86. The maximum atomic E-state index is 6.75. The van der Waals surface area contributed by atoms with Crippen molar-refractivity contribution in [2.75, 3.05) is 0 Å². The van der Waals surface area contributed by atoms with Gasteiger partial charge in [0.25, 0.3) is 0 Å². The molecule has 51 heavy (non-hydrogen) atoms. The first-order chi connectivity index (χ1) is 25.3. The van der Waals surface area contributed by atoms with E-state index in [-0.39, 0.29) is 18.2 Å². The third-order valence-corrected chi connectivity index (χ3v) is 11.1. The smallest absolute Gasteiger partial charge is 0.145 e. The first-order valence-electron chi connectivity index (χ1n) is 17.9. The van der Waals surface area contributed by atoms with Crippen molar-refractivity contribution in [2.45, 2.75) is 24.1 Å². The Kier molecular flexibility index (Phi) is 6.99.